The third-order valence-corrected chi connectivity index (χ3v) is 3.16. The topological polar surface area (TPSA) is 67.1 Å². The van der Waals surface area contributed by atoms with Gasteiger partial charge >= 0.3 is 6.18 Å². The Morgan fingerprint density at radius 3 is 2.60 bits per heavy atom. The van der Waals surface area contributed by atoms with Crippen molar-refractivity contribution < 1.29 is 13.2 Å². The van der Waals surface area contributed by atoms with Crippen molar-refractivity contribution in [1.29, 1.82) is 0 Å². The molecule has 0 aromatic carbocycles. The molecule has 0 bridgehead atoms. The highest BCUT2D eigenvalue weighted by atomic mass is 19.4. The minimum absolute atomic E-state index is 0.117. The second kappa shape index (κ2) is 6.25. The molecule has 0 saturated carbocycles. The Labute approximate surface area is 115 Å². The van der Waals surface area contributed by atoms with E-state index in [2.05, 4.69) is 20.2 Å². The van der Waals surface area contributed by atoms with Crippen LogP contribution < -0.4 is 11.1 Å². The lowest BCUT2D eigenvalue weighted by atomic mass is 10.4. The third kappa shape index (κ3) is 4.22. The van der Waals surface area contributed by atoms with Gasteiger partial charge in [-0.25, -0.2) is 9.97 Å². The minimum Gasteiger partial charge on any atom is -0.384 e. The molecular weight excluding hydrogens is 271 g/mol. The number of hydrogen-bond acceptors (Lipinski definition) is 5. The molecule has 2 rings (SSSR count). The van der Waals surface area contributed by atoms with E-state index in [1.54, 1.807) is 0 Å². The van der Waals surface area contributed by atoms with E-state index in [0.717, 1.165) is 26.1 Å². The number of rotatable bonds is 5. The van der Waals surface area contributed by atoms with Gasteiger partial charge in [0, 0.05) is 12.6 Å². The summed E-state index contributed by atoms with van der Waals surface area (Å²) in [5.41, 5.74) is 5.36. The molecule has 0 radical (unpaired) electrons. The van der Waals surface area contributed by atoms with Gasteiger partial charge in [-0.3, -0.25) is 0 Å². The number of halogens is 3. The summed E-state index contributed by atoms with van der Waals surface area (Å²) in [6.07, 6.45) is -1.28. The Morgan fingerprint density at radius 2 is 1.95 bits per heavy atom. The predicted molar refractivity (Wildman–Crippen MR) is 70.2 cm³/mol. The molecule has 1 aromatic heterocycles. The largest absolute Gasteiger partial charge is 0.451 e. The average molecular weight is 289 g/mol. The van der Waals surface area contributed by atoms with Crippen LogP contribution in [-0.2, 0) is 6.18 Å². The highest BCUT2D eigenvalue weighted by molar-refractivity contribution is 5.44. The Kier molecular flexibility index (Phi) is 4.64. The van der Waals surface area contributed by atoms with Gasteiger partial charge in [0.15, 0.2) is 0 Å². The number of anilines is 2. The first-order valence-electron chi connectivity index (χ1n) is 6.63. The van der Waals surface area contributed by atoms with Crippen LogP contribution in [0.2, 0.25) is 0 Å². The van der Waals surface area contributed by atoms with Crippen molar-refractivity contribution in [2.45, 2.75) is 25.4 Å². The molecule has 3 N–H and O–H groups in total. The zero-order valence-corrected chi connectivity index (χ0v) is 11.1. The molecule has 1 aliphatic rings. The van der Waals surface area contributed by atoms with E-state index in [9.17, 15) is 13.2 Å². The summed E-state index contributed by atoms with van der Waals surface area (Å²) in [6, 6.07) is 1.31. The Morgan fingerprint density at radius 1 is 1.25 bits per heavy atom. The molecule has 0 spiro atoms. The summed E-state index contributed by atoms with van der Waals surface area (Å²) >= 11 is 0. The number of nitrogens with one attached hydrogen (secondary N) is 1. The summed E-state index contributed by atoms with van der Waals surface area (Å²) < 4.78 is 37.6. The first-order chi connectivity index (χ1) is 9.45. The number of alkyl halides is 3. The zero-order chi connectivity index (χ0) is 14.6. The van der Waals surface area contributed by atoms with Crippen molar-refractivity contribution in [1.82, 2.24) is 14.9 Å². The molecule has 5 nitrogen and oxygen atoms in total. The van der Waals surface area contributed by atoms with Gasteiger partial charge in [0.05, 0.1) is 0 Å². The lowest BCUT2D eigenvalue weighted by Crippen LogP contribution is -2.22. The van der Waals surface area contributed by atoms with Crippen LogP contribution in [0.4, 0.5) is 24.8 Å². The molecule has 1 fully saturated rings. The second-order valence-corrected chi connectivity index (χ2v) is 4.83. The molecular formula is C12H18F3N5. The van der Waals surface area contributed by atoms with Gasteiger partial charge in [-0.1, -0.05) is 0 Å². The van der Waals surface area contributed by atoms with Crippen LogP contribution in [0.3, 0.4) is 0 Å². The van der Waals surface area contributed by atoms with Crippen molar-refractivity contribution in [2.75, 3.05) is 37.2 Å². The number of nitrogen functional groups attached to an aromatic ring is 1. The van der Waals surface area contributed by atoms with Gasteiger partial charge in [0.2, 0.25) is 5.82 Å². The van der Waals surface area contributed by atoms with Crippen LogP contribution in [-0.4, -0.2) is 41.0 Å². The molecule has 1 saturated heterocycles. The first kappa shape index (κ1) is 14.8. The number of aromatic nitrogens is 2. The standard InChI is InChI=1S/C12H18F3N5/c13-12(14,15)11-18-9(16)8-10(19-11)17-4-3-7-20-5-1-2-6-20/h8H,1-7H2,(H3,16,17,18,19). The van der Waals surface area contributed by atoms with Gasteiger partial charge in [-0.2, -0.15) is 13.2 Å². The SMILES string of the molecule is Nc1cc(NCCCN2CCCC2)nc(C(F)(F)F)n1. The molecule has 112 valence electrons. The van der Waals surface area contributed by atoms with Gasteiger partial charge in [-0.05, 0) is 38.9 Å². The predicted octanol–water partition coefficient (Wildman–Crippen LogP) is 1.98. The lowest BCUT2D eigenvalue weighted by molar-refractivity contribution is -0.144. The fraction of sp³-hybridized carbons (Fsp3) is 0.667. The number of nitrogens with two attached hydrogens (primary N) is 1. The van der Waals surface area contributed by atoms with Crippen LogP contribution in [0, 0.1) is 0 Å². The van der Waals surface area contributed by atoms with E-state index in [4.69, 9.17) is 5.73 Å². The van der Waals surface area contributed by atoms with E-state index in [1.807, 2.05) is 0 Å². The van der Waals surface area contributed by atoms with Crippen molar-refractivity contribution in [3.63, 3.8) is 0 Å². The number of hydrogen-bond donors (Lipinski definition) is 2. The van der Waals surface area contributed by atoms with Crippen LogP contribution in [0.1, 0.15) is 25.1 Å². The minimum atomic E-state index is -4.58. The summed E-state index contributed by atoms with van der Waals surface area (Å²) in [4.78, 5) is 8.97. The molecule has 1 aromatic rings. The van der Waals surface area contributed by atoms with E-state index < -0.39 is 12.0 Å². The highest BCUT2D eigenvalue weighted by Crippen LogP contribution is 2.27. The van der Waals surface area contributed by atoms with Crippen LogP contribution in [0.15, 0.2) is 6.07 Å². The van der Waals surface area contributed by atoms with E-state index in [0.29, 0.717) is 6.54 Å². The molecule has 0 aliphatic carbocycles. The molecule has 1 aliphatic heterocycles. The van der Waals surface area contributed by atoms with E-state index in [-0.39, 0.29) is 11.6 Å². The summed E-state index contributed by atoms with van der Waals surface area (Å²) in [7, 11) is 0. The van der Waals surface area contributed by atoms with Crippen LogP contribution >= 0.6 is 0 Å². The number of likely N-dealkylation sites (tertiary alicyclic amines) is 1. The average Bonchev–Trinajstić information content (AvgIpc) is 2.86. The normalized spacial score (nSPS) is 16.6. The zero-order valence-electron chi connectivity index (χ0n) is 11.1. The van der Waals surface area contributed by atoms with E-state index >= 15 is 0 Å². The summed E-state index contributed by atoms with van der Waals surface area (Å²) in [5.74, 6) is -1.28. The highest BCUT2D eigenvalue weighted by Gasteiger charge is 2.35. The Hall–Kier alpha value is -1.57. The van der Waals surface area contributed by atoms with Crippen molar-refractivity contribution >= 4 is 11.6 Å². The second-order valence-electron chi connectivity index (χ2n) is 4.83. The lowest BCUT2D eigenvalue weighted by Gasteiger charge is -2.15. The smallest absolute Gasteiger partial charge is 0.384 e. The monoisotopic (exact) mass is 289 g/mol. The number of nitrogens with zero attached hydrogens (tertiary/aromatic N) is 3. The maximum atomic E-state index is 12.5. The van der Waals surface area contributed by atoms with Gasteiger partial charge < -0.3 is 16.0 Å². The summed E-state index contributed by atoms with van der Waals surface area (Å²) in [5, 5.41) is 2.86. The molecule has 0 amide bonds. The molecule has 0 atom stereocenters. The maximum Gasteiger partial charge on any atom is 0.451 e. The first-order valence-corrected chi connectivity index (χ1v) is 6.63. The molecule has 2 heterocycles. The van der Waals surface area contributed by atoms with Gasteiger partial charge in [0.1, 0.15) is 11.6 Å². The van der Waals surface area contributed by atoms with Crippen LogP contribution in [0.5, 0.6) is 0 Å². The molecule has 8 heteroatoms. The quantitative estimate of drug-likeness (QED) is 0.811. The molecule has 20 heavy (non-hydrogen) atoms. The maximum absolute atomic E-state index is 12.5. The molecule has 0 unspecified atom stereocenters. The Bertz CT molecular complexity index is 443. The van der Waals surface area contributed by atoms with Crippen LogP contribution in [0.25, 0.3) is 0 Å². The van der Waals surface area contributed by atoms with Crippen molar-refractivity contribution in [3.05, 3.63) is 11.9 Å². The fourth-order valence-corrected chi connectivity index (χ4v) is 2.21. The van der Waals surface area contributed by atoms with Gasteiger partial charge in [0.25, 0.3) is 0 Å². The van der Waals surface area contributed by atoms with Crippen molar-refractivity contribution in [2.24, 2.45) is 0 Å². The summed E-state index contributed by atoms with van der Waals surface area (Å²) in [6.45, 7) is 3.72. The fourth-order valence-electron chi connectivity index (χ4n) is 2.21. The van der Waals surface area contributed by atoms with Crippen molar-refractivity contribution in [3.8, 4) is 0 Å². The third-order valence-electron chi connectivity index (χ3n) is 3.16. The van der Waals surface area contributed by atoms with Gasteiger partial charge in [-0.15, -0.1) is 0 Å². The Balaban J connectivity index is 1.84. The van der Waals surface area contributed by atoms with E-state index in [1.165, 1.54) is 18.9 Å².